The van der Waals surface area contributed by atoms with Crippen LogP contribution in [0.15, 0.2) is 48.5 Å². The van der Waals surface area contributed by atoms with Gasteiger partial charge in [-0.3, -0.25) is 0 Å². The summed E-state index contributed by atoms with van der Waals surface area (Å²) in [6.45, 7) is 0. The SMILES string of the molecule is OB(O)c1c(B(O)O)c2c(B(O)O)ccc3c4cccc5cccc(c(c1B(O)O)c23)c54. The Labute approximate surface area is 182 Å². The maximum atomic E-state index is 10.3. The average molecular weight is 428 g/mol. The van der Waals surface area contributed by atoms with Crippen LogP contribution < -0.4 is 21.9 Å². The Bertz CT molecular complexity index is 1500. The van der Waals surface area contributed by atoms with Crippen LogP contribution in [0.3, 0.4) is 0 Å². The number of benzene rings is 5. The van der Waals surface area contributed by atoms with Crippen molar-refractivity contribution in [1.29, 1.82) is 0 Å². The largest absolute Gasteiger partial charge is 0.489 e. The van der Waals surface area contributed by atoms with Gasteiger partial charge in [0.1, 0.15) is 0 Å². The number of hydrogen-bond acceptors (Lipinski definition) is 8. The molecule has 12 heteroatoms. The molecular formula is C20H16B4O8. The summed E-state index contributed by atoms with van der Waals surface area (Å²) in [5.74, 6) is 0. The average Bonchev–Trinajstić information content (AvgIpc) is 2.75. The van der Waals surface area contributed by atoms with Crippen LogP contribution in [0.25, 0.3) is 43.1 Å². The minimum atomic E-state index is -2.31. The van der Waals surface area contributed by atoms with Crippen LogP contribution in [0.1, 0.15) is 0 Å². The Morgan fingerprint density at radius 2 is 0.938 bits per heavy atom. The summed E-state index contributed by atoms with van der Waals surface area (Å²) < 4.78 is 0. The first-order valence-corrected chi connectivity index (χ1v) is 9.87. The lowest BCUT2D eigenvalue weighted by atomic mass is 9.54. The van der Waals surface area contributed by atoms with Crippen LogP contribution in [-0.4, -0.2) is 68.7 Å². The zero-order valence-electron chi connectivity index (χ0n) is 16.5. The normalized spacial score (nSPS) is 11.8. The van der Waals surface area contributed by atoms with Gasteiger partial charge in [-0.25, -0.2) is 0 Å². The summed E-state index contributed by atoms with van der Waals surface area (Å²) in [7, 11) is -8.80. The van der Waals surface area contributed by atoms with Crippen molar-refractivity contribution in [2.75, 3.05) is 0 Å². The molecule has 156 valence electrons. The lowest BCUT2D eigenvalue weighted by molar-refractivity contribution is 0.417. The van der Waals surface area contributed by atoms with E-state index in [1.165, 1.54) is 6.07 Å². The van der Waals surface area contributed by atoms with E-state index in [9.17, 15) is 40.2 Å². The van der Waals surface area contributed by atoms with Gasteiger partial charge in [-0.1, -0.05) is 48.5 Å². The van der Waals surface area contributed by atoms with Gasteiger partial charge in [-0.15, -0.1) is 0 Å². The van der Waals surface area contributed by atoms with Crippen molar-refractivity contribution in [3.8, 4) is 0 Å². The highest BCUT2D eigenvalue weighted by Gasteiger charge is 2.37. The lowest BCUT2D eigenvalue weighted by Gasteiger charge is -2.25. The predicted octanol–water partition coefficient (Wildman–Crippen LogP) is -3.54. The van der Waals surface area contributed by atoms with E-state index >= 15 is 0 Å². The molecule has 0 atom stereocenters. The molecule has 0 aliphatic carbocycles. The quantitative estimate of drug-likeness (QED) is 0.0831. The molecule has 8 nitrogen and oxygen atoms in total. The second kappa shape index (κ2) is 7.45. The van der Waals surface area contributed by atoms with Gasteiger partial charge in [0.25, 0.3) is 0 Å². The van der Waals surface area contributed by atoms with E-state index < -0.39 is 39.4 Å². The summed E-state index contributed by atoms with van der Waals surface area (Å²) in [4.78, 5) is 0. The lowest BCUT2D eigenvalue weighted by Crippen LogP contribution is -2.61. The highest BCUT2D eigenvalue weighted by atomic mass is 16.4. The van der Waals surface area contributed by atoms with Crippen molar-refractivity contribution >= 4 is 93.4 Å². The molecule has 32 heavy (non-hydrogen) atoms. The van der Waals surface area contributed by atoms with Crippen molar-refractivity contribution in [1.82, 2.24) is 0 Å². The number of rotatable bonds is 4. The number of fused-ring (bicyclic) bond motifs is 2. The monoisotopic (exact) mass is 428 g/mol. The van der Waals surface area contributed by atoms with Crippen molar-refractivity contribution in [2.24, 2.45) is 0 Å². The Kier molecular flexibility index (Phi) is 4.93. The van der Waals surface area contributed by atoms with Crippen molar-refractivity contribution < 1.29 is 40.2 Å². The first kappa shape index (κ1) is 21.2. The predicted molar refractivity (Wildman–Crippen MR) is 127 cm³/mol. The molecule has 5 aromatic rings. The fraction of sp³-hybridized carbons (Fsp3) is 0. The molecule has 0 amide bonds. The van der Waals surface area contributed by atoms with E-state index in [2.05, 4.69) is 0 Å². The fourth-order valence-electron chi connectivity index (χ4n) is 5.03. The molecule has 5 aromatic carbocycles. The Morgan fingerprint density at radius 3 is 1.50 bits per heavy atom. The van der Waals surface area contributed by atoms with E-state index in [1.54, 1.807) is 18.2 Å². The molecule has 0 unspecified atom stereocenters. The molecule has 0 heterocycles. The summed E-state index contributed by atoms with van der Waals surface area (Å²) in [6.07, 6.45) is 0. The molecule has 0 fully saturated rings. The molecular weight excluding hydrogens is 411 g/mol. The van der Waals surface area contributed by atoms with E-state index in [1.807, 2.05) is 24.3 Å². The van der Waals surface area contributed by atoms with Crippen LogP contribution in [0.5, 0.6) is 0 Å². The zero-order valence-corrected chi connectivity index (χ0v) is 16.5. The van der Waals surface area contributed by atoms with Crippen molar-refractivity contribution in [2.45, 2.75) is 0 Å². The minimum absolute atomic E-state index is 0.0125. The van der Waals surface area contributed by atoms with E-state index in [0.717, 1.165) is 16.2 Å². The van der Waals surface area contributed by atoms with Gasteiger partial charge >= 0.3 is 28.5 Å². The van der Waals surface area contributed by atoms with Crippen LogP contribution in [0, 0.1) is 0 Å². The molecule has 0 saturated carbocycles. The standard InChI is InChI=1S/C20H16B4O8/c25-21(26)13-8-7-11-10-5-1-3-9-4-2-6-12(14(9)10)16-15(11)17(13)19(23(29)30)20(24(31)32)18(16)22(27)28/h1-8,25-32H. The van der Waals surface area contributed by atoms with Crippen LogP contribution in [0.2, 0.25) is 0 Å². The molecule has 0 radical (unpaired) electrons. The van der Waals surface area contributed by atoms with Crippen LogP contribution in [0.4, 0.5) is 0 Å². The van der Waals surface area contributed by atoms with E-state index in [-0.39, 0.29) is 21.7 Å². The van der Waals surface area contributed by atoms with Crippen LogP contribution >= 0.6 is 0 Å². The second-order valence-electron chi connectivity index (χ2n) is 7.77. The second-order valence-corrected chi connectivity index (χ2v) is 7.77. The molecule has 0 aliphatic rings. The summed E-state index contributed by atoms with van der Waals surface area (Å²) in [5.41, 5.74) is -1.37. The smallest absolute Gasteiger partial charge is 0.423 e. The number of hydrogen-bond donors (Lipinski definition) is 8. The van der Waals surface area contributed by atoms with Gasteiger partial charge in [0.05, 0.1) is 0 Å². The van der Waals surface area contributed by atoms with Gasteiger partial charge < -0.3 is 40.2 Å². The highest BCUT2D eigenvalue weighted by Crippen LogP contribution is 2.38. The third-order valence-corrected chi connectivity index (χ3v) is 6.12. The Balaban J connectivity index is 2.27. The van der Waals surface area contributed by atoms with E-state index in [0.29, 0.717) is 16.2 Å². The molecule has 0 aromatic heterocycles. The maximum absolute atomic E-state index is 10.3. The highest BCUT2D eigenvalue weighted by molar-refractivity contribution is 6.84. The summed E-state index contributed by atoms with van der Waals surface area (Å²) in [6, 6.07) is 14.0. The topological polar surface area (TPSA) is 162 Å². The van der Waals surface area contributed by atoms with Crippen LogP contribution in [-0.2, 0) is 0 Å². The van der Waals surface area contributed by atoms with E-state index in [4.69, 9.17) is 0 Å². The fourth-order valence-corrected chi connectivity index (χ4v) is 5.03. The molecule has 0 saturated heterocycles. The van der Waals surface area contributed by atoms with Gasteiger partial charge in [0.2, 0.25) is 0 Å². The van der Waals surface area contributed by atoms with Gasteiger partial charge in [0.15, 0.2) is 0 Å². The molecule has 8 N–H and O–H groups in total. The first-order valence-electron chi connectivity index (χ1n) is 9.87. The van der Waals surface area contributed by atoms with Gasteiger partial charge in [-0.2, -0.15) is 0 Å². The summed E-state index contributed by atoms with van der Waals surface area (Å²) in [5, 5.41) is 85.5. The van der Waals surface area contributed by atoms with Crippen molar-refractivity contribution in [3.05, 3.63) is 48.5 Å². The minimum Gasteiger partial charge on any atom is -0.423 e. The third kappa shape index (κ3) is 2.80. The van der Waals surface area contributed by atoms with Gasteiger partial charge in [0, 0.05) is 0 Å². The first-order chi connectivity index (χ1) is 15.2. The molecule has 5 rings (SSSR count). The van der Waals surface area contributed by atoms with Gasteiger partial charge in [-0.05, 0) is 64.9 Å². The maximum Gasteiger partial charge on any atom is 0.489 e. The third-order valence-electron chi connectivity index (χ3n) is 6.12. The summed E-state index contributed by atoms with van der Waals surface area (Å²) >= 11 is 0. The molecule has 0 bridgehead atoms. The Morgan fingerprint density at radius 1 is 0.406 bits per heavy atom. The Hall–Kier alpha value is -2.66. The molecule has 0 spiro atoms. The zero-order chi connectivity index (χ0) is 22.9. The van der Waals surface area contributed by atoms with Crippen molar-refractivity contribution in [3.63, 3.8) is 0 Å². The molecule has 0 aliphatic heterocycles.